The lowest BCUT2D eigenvalue weighted by atomic mass is 10.1. The number of hydrogen-bond donors (Lipinski definition) is 0. The van der Waals surface area contributed by atoms with E-state index in [1.54, 1.807) is 0 Å². The van der Waals surface area contributed by atoms with Gasteiger partial charge in [0.15, 0.2) is 0 Å². The first-order valence-electron chi connectivity index (χ1n) is 6.01. The molecule has 4 nitrogen and oxygen atoms in total. The summed E-state index contributed by atoms with van der Waals surface area (Å²) in [5.74, 6) is -0.213. The van der Waals surface area contributed by atoms with Crippen LogP contribution in [0.5, 0.6) is 0 Å². The molecule has 0 aliphatic carbocycles. The zero-order chi connectivity index (χ0) is 12.0. The van der Waals surface area contributed by atoms with Crippen molar-refractivity contribution in [3.63, 3.8) is 0 Å². The number of methoxy groups -OCH3 is 1. The van der Waals surface area contributed by atoms with Crippen molar-refractivity contribution in [3.05, 3.63) is 0 Å². The number of likely N-dealkylation sites (N-methyl/N-ethyl adjacent to an activating group) is 1. The maximum absolute atomic E-state index is 11.3. The van der Waals surface area contributed by atoms with Crippen molar-refractivity contribution >= 4 is 5.97 Å². The van der Waals surface area contributed by atoms with E-state index in [0.717, 1.165) is 26.1 Å². The fraction of sp³-hybridized carbons (Fsp3) is 0.917. The summed E-state index contributed by atoms with van der Waals surface area (Å²) >= 11 is 0. The molecule has 1 rings (SSSR count). The van der Waals surface area contributed by atoms with Gasteiger partial charge in [-0.05, 0) is 26.3 Å². The normalized spacial score (nSPS) is 23.1. The minimum Gasteiger partial charge on any atom is -0.469 e. The molecule has 1 aliphatic heterocycles. The van der Waals surface area contributed by atoms with Crippen molar-refractivity contribution in [1.82, 2.24) is 4.90 Å². The van der Waals surface area contributed by atoms with Crippen LogP contribution < -0.4 is 0 Å². The zero-order valence-corrected chi connectivity index (χ0v) is 10.6. The van der Waals surface area contributed by atoms with Gasteiger partial charge in [-0.1, -0.05) is 6.92 Å². The molecular weight excluding hydrogens is 206 g/mol. The Labute approximate surface area is 97.9 Å². The van der Waals surface area contributed by atoms with E-state index >= 15 is 0 Å². The molecule has 1 heterocycles. The second kappa shape index (κ2) is 6.86. The summed E-state index contributed by atoms with van der Waals surface area (Å²) in [6.07, 6.45) is 3.91. The third-order valence-electron chi connectivity index (χ3n) is 2.98. The van der Waals surface area contributed by atoms with Crippen molar-refractivity contribution in [2.75, 3.05) is 33.9 Å². The first-order valence-corrected chi connectivity index (χ1v) is 6.01. The standard InChI is InChI=1S/C12H23NO3/c1-10(12(14)15-3)8-13(2)9-11-6-4-5-7-16-11/h10-11H,4-9H2,1-3H3. The first kappa shape index (κ1) is 13.5. The van der Waals surface area contributed by atoms with Gasteiger partial charge in [0.05, 0.1) is 19.1 Å². The summed E-state index contributed by atoms with van der Waals surface area (Å²) < 4.78 is 10.4. The molecule has 0 aromatic rings. The molecule has 0 aromatic carbocycles. The van der Waals surface area contributed by atoms with Crippen molar-refractivity contribution in [2.45, 2.75) is 32.3 Å². The lowest BCUT2D eigenvalue weighted by Crippen LogP contribution is -2.37. The highest BCUT2D eigenvalue weighted by Gasteiger charge is 2.19. The van der Waals surface area contributed by atoms with E-state index < -0.39 is 0 Å². The van der Waals surface area contributed by atoms with E-state index in [9.17, 15) is 4.79 Å². The molecule has 2 atom stereocenters. The molecule has 0 radical (unpaired) electrons. The Morgan fingerprint density at radius 3 is 2.88 bits per heavy atom. The number of nitrogens with zero attached hydrogens (tertiary/aromatic N) is 1. The van der Waals surface area contributed by atoms with Crippen molar-refractivity contribution in [1.29, 1.82) is 0 Å². The number of carbonyl (C=O) groups excluding carboxylic acids is 1. The fourth-order valence-corrected chi connectivity index (χ4v) is 2.12. The second-order valence-electron chi connectivity index (χ2n) is 4.63. The van der Waals surface area contributed by atoms with Crippen molar-refractivity contribution in [3.8, 4) is 0 Å². The lowest BCUT2D eigenvalue weighted by molar-refractivity contribution is -0.145. The zero-order valence-electron chi connectivity index (χ0n) is 10.6. The molecule has 94 valence electrons. The Kier molecular flexibility index (Phi) is 5.77. The molecule has 0 aromatic heterocycles. The van der Waals surface area contributed by atoms with Gasteiger partial charge in [0.2, 0.25) is 0 Å². The molecule has 4 heteroatoms. The molecule has 1 aliphatic rings. The van der Waals surface area contributed by atoms with Crippen LogP contribution in [-0.4, -0.2) is 50.8 Å². The van der Waals surface area contributed by atoms with Gasteiger partial charge in [0.1, 0.15) is 0 Å². The Morgan fingerprint density at radius 1 is 1.56 bits per heavy atom. The Morgan fingerprint density at radius 2 is 2.31 bits per heavy atom. The van der Waals surface area contributed by atoms with E-state index in [4.69, 9.17) is 9.47 Å². The summed E-state index contributed by atoms with van der Waals surface area (Å²) in [5.41, 5.74) is 0. The largest absolute Gasteiger partial charge is 0.469 e. The third kappa shape index (κ3) is 4.49. The number of esters is 1. The van der Waals surface area contributed by atoms with Crippen LogP contribution >= 0.6 is 0 Å². The van der Waals surface area contributed by atoms with E-state index in [2.05, 4.69) is 4.90 Å². The molecule has 0 amide bonds. The Bertz CT molecular complexity index is 214. The fourth-order valence-electron chi connectivity index (χ4n) is 2.12. The van der Waals surface area contributed by atoms with Gasteiger partial charge in [-0.2, -0.15) is 0 Å². The molecule has 0 N–H and O–H groups in total. The van der Waals surface area contributed by atoms with E-state index in [-0.39, 0.29) is 11.9 Å². The lowest BCUT2D eigenvalue weighted by Gasteiger charge is -2.28. The average molecular weight is 229 g/mol. The monoisotopic (exact) mass is 229 g/mol. The van der Waals surface area contributed by atoms with Crippen LogP contribution in [0.2, 0.25) is 0 Å². The number of carbonyl (C=O) groups is 1. The number of hydrogen-bond acceptors (Lipinski definition) is 4. The molecular formula is C12H23NO3. The van der Waals surface area contributed by atoms with Gasteiger partial charge in [-0.3, -0.25) is 4.79 Å². The summed E-state index contributed by atoms with van der Waals surface area (Å²) in [6.45, 7) is 4.41. The predicted octanol–water partition coefficient (Wildman–Crippen LogP) is 1.30. The van der Waals surface area contributed by atoms with Crippen LogP contribution in [-0.2, 0) is 14.3 Å². The highest BCUT2D eigenvalue weighted by atomic mass is 16.5. The van der Waals surface area contributed by atoms with Crippen LogP contribution in [0.3, 0.4) is 0 Å². The van der Waals surface area contributed by atoms with Gasteiger partial charge in [0, 0.05) is 19.7 Å². The smallest absolute Gasteiger partial charge is 0.309 e. The van der Waals surface area contributed by atoms with Crippen molar-refractivity contribution in [2.24, 2.45) is 5.92 Å². The van der Waals surface area contributed by atoms with Crippen LogP contribution in [0.1, 0.15) is 26.2 Å². The minimum atomic E-state index is -0.142. The van der Waals surface area contributed by atoms with Gasteiger partial charge >= 0.3 is 5.97 Å². The van der Waals surface area contributed by atoms with Gasteiger partial charge in [0.25, 0.3) is 0 Å². The average Bonchev–Trinajstić information content (AvgIpc) is 2.29. The van der Waals surface area contributed by atoms with E-state index in [0.29, 0.717) is 6.10 Å². The van der Waals surface area contributed by atoms with Gasteiger partial charge in [-0.25, -0.2) is 0 Å². The van der Waals surface area contributed by atoms with E-state index in [1.165, 1.54) is 20.0 Å². The topological polar surface area (TPSA) is 38.8 Å². The first-order chi connectivity index (χ1) is 7.63. The molecule has 0 bridgehead atoms. The maximum Gasteiger partial charge on any atom is 0.309 e. The highest BCUT2D eigenvalue weighted by Crippen LogP contribution is 2.14. The number of ether oxygens (including phenoxy) is 2. The molecule has 16 heavy (non-hydrogen) atoms. The summed E-state index contributed by atoms with van der Waals surface area (Å²) in [5, 5.41) is 0. The van der Waals surface area contributed by atoms with E-state index in [1.807, 2.05) is 14.0 Å². The third-order valence-corrected chi connectivity index (χ3v) is 2.98. The molecule has 0 saturated carbocycles. The highest BCUT2D eigenvalue weighted by molar-refractivity contribution is 5.71. The predicted molar refractivity (Wildman–Crippen MR) is 62.3 cm³/mol. The Hall–Kier alpha value is -0.610. The molecule has 1 fully saturated rings. The minimum absolute atomic E-state index is 0.0707. The molecule has 2 unspecified atom stereocenters. The van der Waals surface area contributed by atoms with Crippen molar-refractivity contribution < 1.29 is 14.3 Å². The summed E-state index contributed by atoms with van der Waals surface area (Å²) in [6, 6.07) is 0. The SMILES string of the molecule is COC(=O)C(C)CN(C)CC1CCCCO1. The van der Waals surface area contributed by atoms with Crippen LogP contribution in [0.15, 0.2) is 0 Å². The van der Waals surface area contributed by atoms with Gasteiger partial charge < -0.3 is 14.4 Å². The van der Waals surface area contributed by atoms with Crippen LogP contribution in [0.4, 0.5) is 0 Å². The number of rotatable bonds is 5. The van der Waals surface area contributed by atoms with Crippen LogP contribution in [0.25, 0.3) is 0 Å². The van der Waals surface area contributed by atoms with Gasteiger partial charge in [-0.15, -0.1) is 0 Å². The summed E-state index contributed by atoms with van der Waals surface area (Å²) in [7, 11) is 3.46. The Balaban J connectivity index is 2.23. The summed E-state index contributed by atoms with van der Waals surface area (Å²) in [4.78, 5) is 13.4. The van der Waals surface area contributed by atoms with Crippen LogP contribution in [0, 0.1) is 5.92 Å². The maximum atomic E-state index is 11.3. The second-order valence-corrected chi connectivity index (χ2v) is 4.63. The quantitative estimate of drug-likeness (QED) is 0.666. The molecule has 0 spiro atoms. The molecule has 1 saturated heterocycles.